The van der Waals surface area contributed by atoms with Gasteiger partial charge in [0.1, 0.15) is 5.75 Å². The van der Waals surface area contributed by atoms with E-state index >= 15 is 0 Å². The minimum atomic E-state index is 0.219. The van der Waals surface area contributed by atoms with E-state index in [1.807, 2.05) is 42.4 Å². The van der Waals surface area contributed by atoms with Crippen molar-refractivity contribution in [1.82, 2.24) is 14.5 Å². The van der Waals surface area contributed by atoms with Gasteiger partial charge in [0.25, 0.3) is 0 Å². The highest BCUT2D eigenvalue weighted by Gasteiger charge is 2.23. The molecule has 0 saturated carbocycles. The lowest BCUT2D eigenvalue weighted by molar-refractivity contribution is -0.131. The maximum Gasteiger partial charge on any atom is 0.226 e. The van der Waals surface area contributed by atoms with Crippen LogP contribution in [0, 0.1) is 19.8 Å². The Hall–Kier alpha value is -2.82. The number of aromatic nitrogens is 2. The van der Waals surface area contributed by atoms with Crippen LogP contribution in [0.25, 0.3) is 11.0 Å². The normalized spacial score (nSPS) is 15.0. The molecular weight excluding hydrogens is 374 g/mol. The summed E-state index contributed by atoms with van der Waals surface area (Å²) in [6.45, 7) is 9.56. The standard InChI is InChI=1S/C25H31N3O2/c1-4-30-22-7-5-20(6-8-22)15-25(29)27-11-9-21(10-12-27)16-28-17-26-23-13-18(2)19(3)14-24(23)28/h5-8,13-14,17,21H,4,9-12,15-16H2,1-3H3. The van der Waals surface area contributed by atoms with Crippen molar-refractivity contribution >= 4 is 16.9 Å². The molecule has 0 aliphatic carbocycles. The number of piperidine rings is 1. The molecule has 1 aromatic heterocycles. The first-order valence-corrected chi connectivity index (χ1v) is 10.9. The van der Waals surface area contributed by atoms with Crippen LogP contribution in [0.1, 0.15) is 36.5 Å². The van der Waals surface area contributed by atoms with Crippen molar-refractivity contribution < 1.29 is 9.53 Å². The van der Waals surface area contributed by atoms with E-state index in [-0.39, 0.29) is 5.91 Å². The Bertz CT molecular complexity index is 1010. The number of aryl methyl sites for hydroxylation is 2. The predicted octanol–water partition coefficient (Wildman–Crippen LogP) is 4.53. The van der Waals surface area contributed by atoms with Crippen molar-refractivity contribution in [2.24, 2.45) is 5.92 Å². The Morgan fingerprint density at radius 2 is 1.80 bits per heavy atom. The molecule has 0 unspecified atom stereocenters. The van der Waals surface area contributed by atoms with Crippen LogP contribution < -0.4 is 4.74 Å². The molecule has 5 nitrogen and oxygen atoms in total. The summed E-state index contributed by atoms with van der Waals surface area (Å²) in [4.78, 5) is 19.3. The van der Waals surface area contributed by atoms with Gasteiger partial charge in [-0.1, -0.05) is 12.1 Å². The first-order chi connectivity index (χ1) is 14.5. The average molecular weight is 406 g/mol. The van der Waals surface area contributed by atoms with Gasteiger partial charge in [-0.25, -0.2) is 4.98 Å². The number of amides is 1. The number of imidazole rings is 1. The summed E-state index contributed by atoms with van der Waals surface area (Å²) in [5, 5.41) is 0. The molecule has 0 spiro atoms. The molecule has 1 aliphatic rings. The highest BCUT2D eigenvalue weighted by atomic mass is 16.5. The molecule has 4 rings (SSSR count). The second-order valence-corrected chi connectivity index (χ2v) is 8.40. The van der Waals surface area contributed by atoms with Crippen molar-refractivity contribution in [1.29, 1.82) is 0 Å². The fourth-order valence-corrected chi connectivity index (χ4v) is 4.26. The van der Waals surface area contributed by atoms with E-state index in [2.05, 4.69) is 35.5 Å². The highest BCUT2D eigenvalue weighted by molar-refractivity contribution is 5.79. The highest BCUT2D eigenvalue weighted by Crippen LogP contribution is 2.24. The van der Waals surface area contributed by atoms with E-state index in [0.29, 0.717) is 18.9 Å². The van der Waals surface area contributed by atoms with E-state index in [1.165, 1.54) is 16.6 Å². The summed E-state index contributed by atoms with van der Waals surface area (Å²) in [5.74, 6) is 1.65. The van der Waals surface area contributed by atoms with Crippen LogP contribution >= 0.6 is 0 Å². The lowest BCUT2D eigenvalue weighted by Crippen LogP contribution is -2.40. The second-order valence-electron chi connectivity index (χ2n) is 8.40. The van der Waals surface area contributed by atoms with Crippen LogP contribution in [0.5, 0.6) is 5.75 Å². The largest absolute Gasteiger partial charge is 0.494 e. The molecule has 3 aromatic rings. The SMILES string of the molecule is CCOc1ccc(CC(=O)N2CCC(Cn3cnc4cc(C)c(C)cc43)CC2)cc1. The Balaban J connectivity index is 1.31. The molecule has 30 heavy (non-hydrogen) atoms. The summed E-state index contributed by atoms with van der Waals surface area (Å²) >= 11 is 0. The zero-order valence-electron chi connectivity index (χ0n) is 18.2. The number of rotatable bonds is 6. The van der Waals surface area contributed by atoms with Gasteiger partial charge in [0.15, 0.2) is 0 Å². The van der Waals surface area contributed by atoms with Gasteiger partial charge in [0.2, 0.25) is 5.91 Å². The summed E-state index contributed by atoms with van der Waals surface area (Å²) in [6, 6.07) is 12.3. The molecule has 1 amide bonds. The molecule has 1 saturated heterocycles. The number of likely N-dealkylation sites (tertiary alicyclic amines) is 1. The Labute approximate surface area is 178 Å². The van der Waals surface area contributed by atoms with Gasteiger partial charge in [-0.05, 0) is 80.5 Å². The Morgan fingerprint density at radius 1 is 1.10 bits per heavy atom. The zero-order chi connectivity index (χ0) is 21.1. The van der Waals surface area contributed by atoms with Crippen LogP contribution in [-0.4, -0.2) is 40.1 Å². The van der Waals surface area contributed by atoms with Crippen LogP contribution in [0.4, 0.5) is 0 Å². The van der Waals surface area contributed by atoms with Crippen molar-refractivity contribution in [3.63, 3.8) is 0 Å². The maximum absolute atomic E-state index is 12.7. The number of ether oxygens (including phenoxy) is 1. The van der Waals surface area contributed by atoms with Crippen molar-refractivity contribution in [3.8, 4) is 5.75 Å². The number of carbonyl (C=O) groups is 1. The molecule has 0 bridgehead atoms. The van der Waals surface area contributed by atoms with Gasteiger partial charge >= 0.3 is 0 Å². The van der Waals surface area contributed by atoms with Crippen LogP contribution in [0.15, 0.2) is 42.7 Å². The molecule has 0 radical (unpaired) electrons. The van der Waals surface area contributed by atoms with E-state index in [4.69, 9.17) is 4.74 Å². The summed E-state index contributed by atoms with van der Waals surface area (Å²) < 4.78 is 7.76. The molecule has 0 atom stereocenters. The van der Waals surface area contributed by atoms with E-state index in [9.17, 15) is 4.79 Å². The smallest absolute Gasteiger partial charge is 0.226 e. The number of benzene rings is 2. The van der Waals surface area contributed by atoms with Gasteiger partial charge in [0, 0.05) is 19.6 Å². The maximum atomic E-state index is 12.7. The predicted molar refractivity (Wildman–Crippen MR) is 120 cm³/mol. The van der Waals surface area contributed by atoms with Crippen LogP contribution in [0.2, 0.25) is 0 Å². The third-order valence-corrected chi connectivity index (χ3v) is 6.25. The van der Waals surface area contributed by atoms with Gasteiger partial charge in [-0.15, -0.1) is 0 Å². The van der Waals surface area contributed by atoms with E-state index < -0.39 is 0 Å². The summed E-state index contributed by atoms with van der Waals surface area (Å²) in [7, 11) is 0. The van der Waals surface area contributed by atoms with Crippen LogP contribution in [0.3, 0.4) is 0 Å². The lowest BCUT2D eigenvalue weighted by Gasteiger charge is -2.32. The van der Waals surface area contributed by atoms with Crippen LogP contribution in [-0.2, 0) is 17.8 Å². The molecule has 2 aromatic carbocycles. The van der Waals surface area contributed by atoms with Gasteiger partial charge in [-0.3, -0.25) is 4.79 Å². The minimum absolute atomic E-state index is 0.219. The number of hydrogen-bond donors (Lipinski definition) is 0. The van der Waals surface area contributed by atoms with Gasteiger partial charge in [0.05, 0.1) is 30.4 Å². The molecule has 2 heterocycles. The lowest BCUT2D eigenvalue weighted by atomic mass is 9.96. The van der Waals surface area contributed by atoms with E-state index in [1.54, 1.807) is 0 Å². The van der Waals surface area contributed by atoms with E-state index in [0.717, 1.165) is 49.3 Å². The van der Waals surface area contributed by atoms with Gasteiger partial charge in [-0.2, -0.15) is 0 Å². The van der Waals surface area contributed by atoms with Crippen molar-refractivity contribution in [2.45, 2.75) is 46.6 Å². The van der Waals surface area contributed by atoms with Crippen molar-refractivity contribution in [3.05, 3.63) is 59.4 Å². The summed E-state index contributed by atoms with van der Waals surface area (Å²) in [6.07, 6.45) is 4.51. The van der Waals surface area contributed by atoms with Gasteiger partial charge < -0.3 is 14.2 Å². The van der Waals surface area contributed by atoms with Crippen molar-refractivity contribution in [2.75, 3.05) is 19.7 Å². The number of nitrogens with zero attached hydrogens (tertiary/aromatic N) is 3. The molecule has 5 heteroatoms. The number of fused-ring (bicyclic) bond motifs is 1. The number of carbonyl (C=O) groups excluding carboxylic acids is 1. The molecule has 1 aliphatic heterocycles. The fraction of sp³-hybridized carbons (Fsp3) is 0.440. The quantitative estimate of drug-likeness (QED) is 0.605. The fourth-order valence-electron chi connectivity index (χ4n) is 4.26. The average Bonchev–Trinajstić information content (AvgIpc) is 3.12. The third-order valence-electron chi connectivity index (χ3n) is 6.25. The second kappa shape index (κ2) is 8.90. The Kier molecular flexibility index (Phi) is 6.07. The molecule has 158 valence electrons. The molecule has 0 N–H and O–H groups in total. The monoisotopic (exact) mass is 405 g/mol. The number of hydrogen-bond acceptors (Lipinski definition) is 3. The minimum Gasteiger partial charge on any atom is -0.494 e. The molecular formula is C25H31N3O2. The first-order valence-electron chi connectivity index (χ1n) is 10.9. The molecule has 1 fully saturated rings. The first kappa shape index (κ1) is 20.5. The Morgan fingerprint density at radius 3 is 2.50 bits per heavy atom. The zero-order valence-corrected chi connectivity index (χ0v) is 18.2. The summed E-state index contributed by atoms with van der Waals surface area (Å²) in [5.41, 5.74) is 5.92. The third kappa shape index (κ3) is 4.50. The topological polar surface area (TPSA) is 47.4 Å².